The van der Waals surface area contributed by atoms with E-state index in [1.54, 1.807) is 11.3 Å². The van der Waals surface area contributed by atoms with E-state index in [2.05, 4.69) is 24.0 Å². The van der Waals surface area contributed by atoms with Crippen LogP contribution in [0.2, 0.25) is 0 Å². The molecule has 1 amide bonds. The summed E-state index contributed by atoms with van der Waals surface area (Å²) < 4.78 is 0. The SMILES string of the molecule is CCSC1CCCC1NCc1cc(C(N)=O)cs1. The summed E-state index contributed by atoms with van der Waals surface area (Å²) in [5.74, 6) is 0.853. The van der Waals surface area contributed by atoms with Crippen LogP contribution in [0.5, 0.6) is 0 Å². The number of thioether (sulfide) groups is 1. The van der Waals surface area contributed by atoms with Gasteiger partial charge < -0.3 is 11.1 Å². The fourth-order valence-corrected chi connectivity index (χ4v) is 4.46. The summed E-state index contributed by atoms with van der Waals surface area (Å²) in [5.41, 5.74) is 5.88. The Kier molecular flexibility index (Phi) is 5.09. The van der Waals surface area contributed by atoms with E-state index in [1.165, 1.54) is 29.9 Å². The molecule has 0 radical (unpaired) electrons. The molecular formula is C13H20N2OS2. The van der Waals surface area contributed by atoms with Gasteiger partial charge in [0, 0.05) is 28.1 Å². The molecule has 2 rings (SSSR count). The van der Waals surface area contributed by atoms with E-state index in [-0.39, 0.29) is 5.91 Å². The molecular weight excluding hydrogens is 264 g/mol. The van der Waals surface area contributed by atoms with E-state index >= 15 is 0 Å². The molecule has 2 atom stereocenters. The second kappa shape index (κ2) is 6.59. The van der Waals surface area contributed by atoms with Gasteiger partial charge in [0.15, 0.2) is 0 Å². The van der Waals surface area contributed by atoms with Gasteiger partial charge in [-0.3, -0.25) is 4.79 Å². The third-order valence-corrected chi connectivity index (χ3v) is 5.57. The number of rotatable bonds is 6. The highest BCUT2D eigenvalue weighted by Gasteiger charge is 2.26. The number of nitrogens with one attached hydrogen (secondary N) is 1. The lowest BCUT2D eigenvalue weighted by Gasteiger charge is -2.19. The Balaban J connectivity index is 1.84. The number of hydrogen-bond acceptors (Lipinski definition) is 4. The number of primary amides is 1. The molecule has 1 aromatic heterocycles. The molecule has 100 valence electrons. The van der Waals surface area contributed by atoms with Crippen molar-refractivity contribution in [1.29, 1.82) is 0 Å². The molecule has 0 bridgehead atoms. The summed E-state index contributed by atoms with van der Waals surface area (Å²) in [6, 6.07) is 2.52. The average Bonchev–Trinajstić information content (AvgIpc) is 2.95. The van der Waals surface area contributed by atoms with Crippen LogP contribution in [0.3, 0.4) is 0 Å². The Morgan fingerprint density at radius 2 is 2.44 bits per heavy atom. The monoisotopic (exact) mass is 284 g/mol. The molecule has 3 nitrogen and oxygen atoms in total. The zero-order chi connectivity index (χ0) is 13.0. The van der Waals surface area contributed by atoms with Crippen LogP contribution in [-0.2, 0) is 6.54 Å². The maximum Gasteiger partial charge on any atom is 0.249 e. The molecule has 18 heavy (non-hydrogen) atoms. The van der Waals surface area contributed by atoms with Gasteiger partial charge in [-0.15, -0.1) is 11.3 Å². The lowest BCUT2D eigenvalue weighted by atomic mass is 10.2. The Labute approximate surface area is 117 Å². The van der Waals surface area contributed by atoms with Crippen molar-refractivity contribution in [3.05, 3.63) is 21.9 Å². The van der Waals surface area contributed by atoms with Gasteiger partial charge in [-0.2, -0.15) is 11.8 Å². The Hall–Kier alpha value is -0.520. The first-order valence-corrected chi connectivity index (χ1v) is 8.35. The third kappa shape index (κ3) is 3.49. The van der Waals surface area contributed by atoms with Crippen molar-refractivity contribution in [2.45, 2.75) is 44.0 Å². The van der Waals surface area contributed by atoms with Crippen molar-refractivity contribution in [3.8, 4) is 0 Å². The quantitative estimate of drug-likeness (QED) is 0.844. The van der Waals surface area contributed by atoms with E-state index in [1.807, 2.05) is 11.4 Å². The maximum atomic E-state index is 11.0. The summed E-state index contributed by atoms with van der Waals surface area (Å²) in [6.07, 6.45) is 3.92. The van der Waals surface area contributed by atoms with Crippen LogP contribution in [-0.4, -0.2) is 23.0 Å². The van der Waals surface area contributed by atoms with Gasteiger partial charge >= 0.3 is 0 Å². The average molecular weight is 284 g/mol. The lowest BCUT2D eigenvalue weighted by Crippen LogP contribution is -2.33. The molecule has 1 heterocycles. The van der Waals surface area contributed by atoms with Crippen molar-refractivity contribution >= 4 is 29.0 Å². The molecule has 1 fully saturated rings. The molecule has 3 N–H and O–H groups in total. The molecule has 0 aromatic carbocycles. The molecule has 0 spiro atoms. The van der Waals surface area contributed by atoms with Crippen molar-refractivity contribution in [3.63, 3.8) is 0 Å². The predicted octanol–water partition coefficient (Wildman–Crippen LogP) is 2.61. The minimum absolute atomic E-state index is 0.335. The second-order valence-electron chi connectivity index (χ2n) is 4.58. The van der Waals surface area contributed by atoms with Crippen molar-refractivity contribution < 1.29 is 4.79 Å². The number of amides is 1. The van der Waals surface area contributed by atoms with Crippen molar-refractivity contribution in [2.75, 3.05) is 5.75 Å². The zero-order valence-corrected chi connectivity index (χ0v) is 12.3. The van der Waals surface area contributed by atoms with Crippen molar-refractivity contribution in [2.24, 2.45) is 5.73 Å². The van der Waals surface area contributed by atoms with E-state index < -0.39 is 0 Å². The van der Waals surface area contributed by atoms with Gasteiger partial charge in [-0.05, 0) is 24.7 Å². The molecule has 0 aliphatic heterocycles. The van der Waals surface area contributed by atoms with Crippen LogP contribution in [0.4, 0.5) is 0 Å². The Morgan fingerprint density at radius 1 is 1.61 bits per heavy atom. The van der Waals surface area contributed by atoms with Gasteiger partial charge in [0.05, 0.1) is 5.56 Å². The molecule has 1 saturated carbocycles. The molecule has 1 aliphatic carbocycles. The first-order valence-electron chi connectivity index (χ1n) is 6.43. The number of carbonyl (C=O) groups excluding carboxylic acids is 1. The summed E-state index contributed by atoms with van der Waals surface area (Å²) in [4.78, 5) is 12.2. The first kappa shape index (κ1) is 13.9. The summed E-state index contributed by atoms with van der Waals surface area (Å²) >= 11 is 3.66. The second-order valence-corrected chi connectivity index (χ2v) is 7.09. The maximum absolute atomic E-state index is 11.0. The number of nitrogens with two attached hydrogens (primary N) is 1. The van der Waals surface area contributed by atoms with Crippen LogP contribution < -0.4 is 11.1 Å². The smallest absolute Gasteiger partial charge is 0.249 e. The Morgan fingerprint density at radius 3 is 3.11 bits per heavy atom. The van der Waals surface area contributed by atoms with Gasteiger partial charge in [0.25, 0.3) is 0 Å². The highest BCUT2D eigenvalue weighted by Crippen LogP contribution is 2.30. The first-order chi connectivity index (χ1) is 8.70. The van der Waals surface area contributed by atoms with E-state index in [0.717, 1.165) is 11.8 Å². The predicted molar refractivity (Wildman–Crippen MR) is 79.2 cm³/mol. The van der Waals surface area contributed by atoms with Gasteiger partial charge in [0.2, 0.25) is 5.91 Å². The lowest BCUT2D eigenvalue weighted by molar-refractivity contribution is 0.100. The zero-order valence-electron chi connectivity index (χ0n) is 10.6. The van der Waals surface area contributed by atoms with Crippen LogP contribution >= 0.6 is 23.1 Å². The number of thiophene rings is 1. The normalized spacial score (nSPS) is 23.4. The Bertz CT molecular complexity index is 405. The summed E-state index contributed by atoms with van der Waals surface area (Å²) in [6.45, 7) is 3.07. The van der Waals surface area contributed by atoms with E-state index in [4.69, 9.17) is 5.73 Å². The van der Waals surface area contributed by atoms with Crippen LogP contribution in [0.1, 0.15) is 41.4 Å². The fraction of sp³-hybridized carbons (Fsp3) is 0.615. The summed E-state index contributed by atoms with van der Waals surface area (Å²) in [7, 11) is 0. The van der Waals surface area contributed by atoms with Crippen LogP contribution in [0.25, 0.3) is 0 Å². The molecule has 5 heteroatoms. The van der Waals surface area contributed by atoms with Crippen molar-refractivity contribution in [1.82, 2.24) is 5.32 Å². The summed E-state index contributed by atoms with van der Waals surface area (Å²) in [5, 5.41) is 6.22. The van der Waals surface area contributed by atoms with E-state index in [9.17, 15) is 4.79 Å². The van der Waals surface area contributed by atoms with E-state index in [0.29, 0.717) is 11.6 Å². The highest BCUT2D eigenvalue weighted by atomic mass is 32.2. The fourth-order valence-electron chi connectivity index (χ4n) is 2.41. The molecule has 1 aliphatic rings. The number of hydrogen-bond donors (Lipinski definition) is 2. The largest absolute Gasteiger partial charge is 0.366 e. The third-order valence-electron chi connectivity index (χ3n) is 3.31. The minimum atomic E-state index is -0.335. The molecule has 1 aromatic rings. The van der Waals surface area contributed by atoms with Crippen LogP contribution in [0.15, 0.2) is 11.4 Å². The van der Waals surface area contributed by atoms with Gasteiger partial charge in [0.1, 0.15) is 0 Å². The van der Waals surface area contributed by atoms with Gasteiger partial charge in [-0.25, -0.2) is 0 Å². The van der Waals surface area contributed by atoms with Gasteiger partial charge in [-0.1, -0.05) is 13.3 Å². The molecule has 2 unspecified atom stereocenters. The molecule has 0 saturated heterocycles. The minimum Gasteiger partial charge on any atom is -0.366 e. The standard InChI is InChI=1S/C13H20N2OS2/c1-2-17-12-5-3-4-11(12)15-7-10-6-9(8-18-10)13(14)16/h6,8,11-12,15H,2-5,7H2,1H3,(H2,14,16). The van der Waals surface area contributed by atoms with Crippen LogP contribution in [0, 0.1) is 0 Å². The number of carbonyl (C=O) groups is 1. The highest BCUT2D eigenvalue weighted by molar-refractivity contribution is 7.99. The topological polar surface area (TPSA) is 55.1 Å².